The van der Waals surface area contributed by atoms with Gasteiger partial charge in [-0.3, -0.25) is 0 Å². The van der Waals surface area contributed by atoms with Crippen LogP contribution in [0.25, 0.3) is 33.4 Å². The van der Waals surface area contributed by atoms with Crippen molar-refractivity contribution in [3.63, 3.8) is 0 Å². The molecule has 0 bridgehead atoms. The van der Waals surface area contributed by atoms with Gasteiger partial charge in [0.2, 0.25) is 5.36 Å². The van der Waals surface area contributed by atoms with Gasteiger partial charge < -0.3 is 18.8 Å². The molecule has 1 aliphatic carbocycles. The van der Waals surface area contributed by atoms with Crippen molar-refractivity contribution in [2.75, 3.05) is 55.8 Å². The first-order valence-electron chi connectivity index (χ1n) is 15.5. The fourth-order valence-corrected chi connectivity index (χ4v) is 6.92. The second-order valence-corrected chi connectivity index (χ2v) is 13.1. The molecule has 0 atom stereocenters. The fraction of sp³-hybridized carbons (Fsp3) is 0.361. The van der Waals surface area contributed by atoms with Crippen molar-refractivity contribution in [3.8, 4) is 22.5 Å². The molecule has 0 saturated carbocycles. The number of carbonyl (C=O) groups is 2. The number of hydrogen-bond donors (Lipinski definition) is 0. The summed E-state index contributed by atoms with van der Waals surface area (Å²) in [5.41, 5.74) is 5.46. The number of ether oxygens (including phenoxy) is 2. The SMILES string of the molecule is C=C(C)C(=O)OCCSSCCOC(=O)c1ccccc1-c1c2ccc(=[N+](CC)CC)cc-2oc2cc(N(CC)CC)ccc12. The predicted octanol–water partition coefficient (Wildman–Crippen LogP) is 7.52. The van der Waals surface area contributed by atoms with Crippen molar-refractivity contribution in [2.24, 2.45) is 0 Å². The maximum Gasteiger partial charge on any atom is 0.338 e. The summed E-state index contributed by atoms with van der Waals surface area (Å²) in [7, 11) is 3.15. The highest BCUT2D eigenvalue weighted by atomic mass is 33.1. The van der Waals surface area contributed by atoms with Gasteiger partial charge in [-0.2, -0.15) is 0 Å². The Balaban J connectivity index is 1.65. The Hall–Kier alpha value is -3.69. The van der Waals surface area contributed by atoms with Gasteiger partial charge in [-0.1, -0.05) is 46.4 Å². The molecule has 9 heteroatoms. The average Bonchev–Trinajstić information content (AvgIpc) is 3.05. The van der Waals surface area contributed by atoms with Crippen LogP contribution >= 0.6 is 21.6 Å². The van der Waals surface area contributed by atoms with Crippen molar-refractivity contribution in [3.05, 3.63) is 83.7 Å². The summed E-state index contributed by atoms with van der Waals surface area (Å²) in [4.78, 5) is 27.3. The minimum absolute atomic E-state index is 0.266. The molecule has 1 heterocycles. The zero-order valence-corrected chi connectivity index (χ0v) is 28.5. The minimum Gasteiger partial charge on any atom is -0.461 e. The maximum atomic E-state index is 13.5. The summed E-state index contributed by atoms with van der Waals surface area (Å²) < 4.78 is 19.8. The van der Waals surface area contributed by atoms with E-state index in [2.05, 4.69) is 80.1 Å². The largest absolute Gasteiger partial charge is 0.461 e. The Morgan fingerprint density at radius 3 is 2.22 bits per heavy atom. The average molecular weight is 648 g/mol. The van der Waals surface area contributed by atoms with Crippen molar-refractivity contribution in [2.45, 2.75) is 34.6 Å². The van der Waals surface area contributed by atoms with Gasteiger partial charge in [0.05, 0.1) is 11.6 Å². The highest BCUT2D eigenvalue weighted by molar-refractivity contribution is 8.76. The van der Waals surface area contributed by atoms with E-state index in [0.717, 1.165) is 70.6 Å². The van der Waals surface area contributed by atoms with Crippen LogP contribution in [-0.4, -0.2) is 62.8 Å². The normalized spacial score (nSPS) is 11.0. The first-order valence-corrected chi connectivity index (χ1v) is 18.0. The van der Waals surface area contributed by atoms with E-state index in [4.69, 9.17) is 13.9 Å². The molecular formula is C36H43N2O5S2+. The topological polar surface area (TPSA) is 72.0 Å². The molecule has 0 unspecified atom stereocenters. The molecule has 0 fully saturated rings. The van der Waals surface area contributed by atoms with Crippen LogP contribution in [0.5, 0.6) is 0 Å². The summed E-state index contributed by atoms with van der Waals surface area (Å²) >= 11 is 0. The molecule has 0 spiro atoms. The lowest BCUT2D eigenvalue weighted by Crippen LogP contribution is -2.29. The summed E-state index contributed by atoms with van der Waals surface area (Å²) in [5, 5.41) is 2.03. The molecule has 4 rings (SSSR count). The predicted molar refractivity (Wildman–Crippen MR) is 189 cm³/mol. The number of carbonyl (C=O) groups excluding carboxylic acids is 2. The Morgan fingerprint density at radius 1 is 0.867 bits per heavy atom. The number of esters is 2. The second kappa shape index (κ2) is 16.6. The zero-order valence-electron chi connectivity index (χ0n) is 26.9. The van der Waals surface area contributed by atoms with Gasteiger partial charge in [0.25, 0.3) is 0 Å². The Kier molecular flexibility index (Phi) is 12.6. The molecular weight excluding hydrogens is 605 g/mol. The van der Waals surface area contributed by atoms with Crippen LogP contribution in [0.1, 0.15) is 45.0 Å². The third-order valence-corrected chi connectivity index (χ3v) is 9.93. The van der Waals surface area contributed by atoms with Gasteiger partial charge in [0, 0.05) is 64.5 Å². The van der Waals surface area contributed by atoms with Crippen molar-refractivity contribution >= 4 is 50.2 Å². The van der Waals surface area contributed by atoms with Crippen LogP contribution in [0, 0.1) is 0 Å². The third kappa shape index (κ3) is 8.32. The van der Waals surface area contributed by atoms with Crippen LogP contribution in [0.15, 0.2) is 77.2 Å². The van der Waals surface area contributed by atoms with E-state index in [-0.39, 0.29) is 18.5 Å². The first kappa shape index (κ1) is 34.2. The number of anilines is 1. The number of hydrogen-bond acceptors (Lipinski definition) is 8. The maximum absolute atomic E-state index is 13.5. The molecule has 0 amide bonds. The molecule has 7 nitrogen and oxygen atoms in total. The van der Waals surface area contributed by atoms with Crippen LogP contribution in [0.3, 0.4) is 0 Å². The molecule has 2 aliphatic rings. The quantitative estimate of drug-likeness (QED) is 0.0328. The lowest BCUT2D eigenvalue weighted by molar-refractivity contribution is -0.138. The van der Waals surface area contributed by atoms with E-state index in [1.54, 1.807) is 28.5 Å². The summed E-state index contributed by atoms with van der Waals surface area (Å²) in [6.07, 6.45) is 0. The van der Waals surface area contributed by atoms with E-state index in [0.29, 0.717) is 29.2 Å². The number of fused-ring (bicyclic) bond motifs is 2. The van der Waals surface area contributed by atoms with Crippen molar-refractivity contribution in [1.29, 1.82) is 0 Å². The Bertz CT molecular complexity index is 1690. The first-order chi connectivity index (χ1) is 21.8. The van der Waals surface area contributed by atoms with E-state index in [1.807, 2.05) is 24.3 Å². The molecule has 1 aliphatic heterocycles. The smallest absolute Gasteiger partial charge is 0.338 e. The summed E-state index contributed by atoms with van der Waals surface area (Å²) in [6.45, 7) is 17.9. The van der Waals surface area contributed by atoms with Gasteiger partial charge in [-0.05, 0) is 64.4 Å². The molecule has 2 aromatic carbocycles. The highest BCUT2D eigenvalue weighted by Gasteiger charge is 2.23. The highest BCUT2D eigenvalue weighted by Crippen LogP contribution is 2.42. The van der Waals surface area contributed by atoms with E-state index >= 15 is 0 Å². The van der Waals surface area contributed by atoms with Crippen LogP contribution in [0.2, 0.25) is 0 Å². The third-order valence-electron chi connectivity index (χ3n) is 7.59. The summed E-state index contributed by atoms with van der Waals surface area (Å²) in [6, 6.07) is 20.3. The molecule has 238 valence electrons. The number of nitrogens with zero attached hydrogens (tertiary/aromatic N) is 2. The van der Waals surface area contributed by atoms with Gasteiger partial charge in [-0.25, -0.2) is 14.2 Å². The molecule has 0 N–H and O–H groups in total. The lowest BCUT2D eigenvalue weighted by atomic mass is 9.90. The van der Waals surface area contributed by atoms with Gasteiger partial charge in [0.15, 0.2) is 0 Å². The van der Waals surface area contributed by atoms with E-state index in [1.165, 1.54) is 0 Å². The van der Waals surface area contributed by atoms with Crippen molar-refractivity contribution in [1.82, 2.24) is 4.58 Å². The molecule has 45 heavy (non-hydrogen) atoms. The van der Waals surface area contributed by atoms with Gasteiger partial charge in [0.1, 0.15) is 37.6 Å². The van der Waals surface area contributed by atoms with Gasteiger partial charge in [-0.15, -0.1) is 0 Å². The fourth-order valence-electron chi connectivity index (χ4n) is 5.26. The summed E-state index contributed by atoms with van der Waals surface area (Å²) in [5.74, 6) is 1.28. The molecule has 0 radical (unpaired) electrons. The van der Waals surface area contributed by atoms with Crippen LogP contribution in [-0.2, 0) is 14.3 Å². The molecule has 2 aromatic rings. The van der Waals surface area contributed by atoms with E-state index < -0.39 is 0 Å². The number of rotatable bonds is 15. The molecule has 0 aromatic heterocycles. The van der Waals surface area contributed by atoms with E-state index in [9.17, 15) is 9.59 Å². The van der Waals surface area contributed by atoms with Crippen LogP contribution in [0.4, 0.5) is 5.69 Å². The minimum atomic E-state index is -0.380. The van der Waals surface area contributed by atoms with Gasteiger partial charge >= 0.3 is 11.9 Å². The zero-order chi connectivity index (χ0) is 32.3. The monoisotopic (exact) mass is 647 g/mol. The van der Waals surface area contributed by atoms with Crippen LogP contribution < -0.4 is 14.8 Å². The lowest BCUT2D eigenvalue weighted by Gasteiger charge is -2.22. The standard InChI is InChI=1S/C36H43N2O5S2/c1-7-37(8-2)26-15-17-30-32(23-26)43-33-24-27(38(9-3)10-4)16-18-31(33)34(30)28-13-11-12-14-29(28)36(40)42-20-22-45-44-21-19-41-35(39)25(5)6/h11-18,23-24H,5,7-10,19-22H2,1-4,6H3/q+1. The Morgan fingerprint density at radius 2 is 1.56 bits per heavy atom. The van der Waals surface area contributed by atoms with Crippen molar-refractivity contribution < 1.29 is 23.5 Å². The molecule has 0 saturated heterocycles. The number of benzene rings is 3. The second-order valence-electron chi connectivity index (χ2n) is 10.4. The Labute approximate surface area is 274 Å².